The molecular formula is C27H21F2N5O4. The number of hydrogen-bond donors (Lipinski definition) is 4. The zero-order valence-electron chi connectivity index (χ0n) is 19.7. The highest BCUT2D eigenvalue weighted by atomic mass is 19.1. The van der Waals surface area contributed by atoms with E-state index in [2.05, 4.69) is 15.3 Å². The second-order valence-corrected chi connectivity index (χ2v) is 8.82. The van der Waals surface area contributed by atoms with E-state index in [1.807, 2.05) is 0 Å². The van der Waals surface area contributed by atoms with Gasteiger partial charge in [-0.15, -0.1) is 0 Å². The summed E-state index contributed by atoms with van der Waals surface area (Å²) in [5.74, 6) is -2.68. The molecule has 3 aromatic carbocycles. The average molecular weight is 517 g/mol. The first-order valence-corrected chi connectivity index (χ1v) is 11.5. The normalized spacial score (nSPS) is 13.5. The number of phenolic OH excluding ortho intramolecular Hbond substituents is 1. The van der Waals surface area contributed by atoms with Gasteiger partial charge in [0.25, 0.3) is 0 Å². The van der Waals surface area contributed by atoms with Crippen LogP contribution in [0.25, 0.3) is 22.4 Å². The lowest BCUT2D eigenvalue weighted by atomic mass is 10.0. The van der Waals surface area contributed by atoms with Gasteiger partial charge in [-0.2, -0.15) is 0 Å². The summed E-state index contributed by atoms with van der Waals surface area (Å²) >= 11 is 0. The van der Waals surface area contributed by atoms with E-state index in [9.17, 15) is 19.1 Å². The number of hydrogen-bond acceptors (Lipinski definition) is 7. The van der Waals surface area contributed by atoms with Crippen LogP contribution in [0.15, 0.2) is 66.9 Å². The molecule has 0 bridgehead atoms. The van der Waals surface area contributed by atoms with Crippen LogP contribution in [0.5, 0.6) is 17.2 Å². The third kappa shape index (κ3) is 4.69. The van der Waals surface area contributed by atoms with Gasteiger partial charge in [0.05, 0.1) is 5.69 Å². The van der Waals surface area contributed by atoms with Crippen molar-refractivity contribution in [3.8, 4) is 39.6 Å². The fourth-order valence-electron chi connectivity index (χ4n) is 4.00. The number of carbonyl (C=O) groups is 2. The van der Waals surface area contributed by atoms with E-state index in [1.165, 1.54) is 42.6 Å². The predicted molar refractivity (Wildman–Crippen MR) is 135 cm³/mol. The number of halogens is 2. The Bertz CT molecular complexity index is 1590. The van der Waals surface area contributed by atoms with Crippen molar-refractivity contribution in [3.05, 3.63) is 78.5 Å². The van der Waals surface area contributed by atoms with Gasteiger partial charge in [0.15, 0.2) is 11.6 Å². The van der Waals surface area contributed by atoms with E-state index in [0.717, 1.165) is 18.2 Å². The molecule has 9 nitrogen and oxygen atoms in total. The molecule has 1 aromatic heterocycles. The van der Waals surface area contributed by atoms with Crippen LogP contribution in [0.3, 0.4) is 0 Å². The molecule has 4 aromatic rings. The number of anilines is 2. The molecule has 0 unspecified atom stereocenters. The van der Waals surface area contributed by atoms with Crippen molar-refractivity contribution in [1.29, 1.82) is 0 Å². The third-order valence-corrected chi connectivity index (χ3v) is 6.27. The van der Waals surface area contributed by atoms with Crippen molar-refractivity contribution in [2.75, 3.05) is 11.1 Å². The van der Waals surface area contributed by atoms with Crippen molar-refractivity contribution >= 4 is 23.5 Å². The number of phenols is 1. The maximum Gasteiger partial charge on any atom is 0.240 e. The van der Waals surface area contributed by atoms with Crippen molar-refractivity contribution < 1.29 is 28.2 Å². The van der Waals surface area contributed by atoms with Gasteiger partial charge in [-0.05, 0) is 73.0 Å². The minimum Gasteiger partial charge on any atom is -0.507 e. The van der Waals surface area contributed by atoms with Gasteiger partial charge in [-0.25, -0.2) is 18.7 Å². The number of aromatic nitrogens is 2. The van der Waals surface area contributed by atoms with Gasteiger partial charge in [-0.3, -0.25) is 9.59 Å². The van der Waals surface area contributed by atoms with E-state index in [4.69, 9.17) is 16.2 Å². The molecule has 0 radical (unpaired) electrons. The number of nitrogens with one attached hydrogen (secondary N) is 1. The number of benzene rings is 3. The number of carbonyl (C=O) groups excluding carboxylic acids is 2. The van der Waals surface area contributed by atoms with Crippen LogP contribution in [-0.4, -0.2) is 26.9 Å². The third-order valence-electron chi connectivity index (χ3n) is 6.27. The summed E-state index contributed by atoms with van der Waals surface area (Å²) in [5.41, 5.74) is 11.0. The Morgan fingerprint density at radius 1 is 1.00 bits per heavy atom. The molecule has 1 fully saturated rings. The Morgan fingerprint density at radius 3 is 2.47 bits per heavy atom. The second-order valence-electron chi connectivity index (χ2n) is 8.82. The van der Waals surface area contributed by atoms with Gasteiger partial charge in [0, 0.05) is 23.0 Å². The van der Waals surface area contributed by atoms with Gasteiger partial charge in [0.2, 0.25) is 17.8 Å². The largest absolute Gasteiger partial charge is 0.507 e. The Morgan fingerprint density at radius 2 is 1.79 bits per heavy atom. The van der Waals surface area contributed by atoms with Gasteiger partial charge in [-0.1, -0.05) is 6.07 Å². The molecule has 0 aliphatic heterocycles. The second kappa shape index (κ2) is 9.43. The van der Waals surface area contributed by atoms with Crippen LogP contribution in [-0.2, 0) is 9.59 Å². The summed E-state index contributed by atoms with van der Waals surface area (Å²) < 4.78 is 34.9. The molecule has 2 amide bonds. The molecular weight excluding hydrogens is 496 g/mol. The van der Waals surface area contributed by atoms with E-state index in [1.54, 1.807) is 6.07 Å². The van der Waals surface area contributed by atoms with E-state index >= 15 is 4.39 Å². The summed E-state index contributed by atoms with van der Waals surface area (Å²) in [5, 5.41) is 12.9. The molecule has 1 aliphatic carbocycles. The van der Waals surface area contributed by atoms with Gasteiger partial charge in [0.1, 0.15) is 22.7 Å². The fourth-order valence-corrected chi connectivity index (χ4v) is 4.00. The summed E-state index contributed by atoms with van der Waals surface area (Å²) in [7, 11) is 0. The summed E-state index contributed by atoms with van der Waals surface area (Å²) in [6, 6.07) is 13.4. The average Bonchev–Trinajstić information content (AvgIpc) is 3.70. The molecule has 5 rings (SSSR count). The highest BCUT2D eigenvalue weighted by molar-refractivity contribution is 6.13. The molecule has 0 atom stereocenters. The van der Waals surface area contributed by atoms with E-state index in [0.29, 0.717) is 24.1 Å². The molecule has 192 valence electrons. The molecule has 11 heteroatoms. The fraction of sp³-hybridized carbons (Fsp3) is 0.111. The summed E-state index contributed by atoms with van der Waals surface area (Å²) in [6.45, 7) is 0. The minimum atomic E-state index is -1.28. The quantitative estimate of drug-likeness (QED) is 0.265. The SMILES string of the molecule is NC(=O)C1(C(=O)Nc2ccc(F)cc2-c2ccc(Oc3ccc(O)c(-c4ccnc(N)n4)c3)c(F)c2)CC1. The Kier molecular flexibility index (Phi) is 6.11. The van der Waals surface area contributed by atoms with E-state index < -0.39 is 28.9 Å². The Balaban J connectivity index is 1.42. The first kappa shape index (κ1) is 24.6. The summed E-state index contributed by atoms with van der Waals surface area (Å²) in [6.07, 6.45) is 2.09. The smallest absolute Gasteiger partial charge is 0.240 e. The standard InChI is InChI=1S/C27H21F2N5O4/c28-15-2-4-20(33-25(37)27(8-9-27)24(30)36)17(12-15)14-1-6-23(19(29)11-14)38-16-3-5-22(35)18(13-16)21-7-10-32-26(31)34-21/h1-7,10-13,35H,8-9H2,(H2,30,36)(H,33,37)(H2,31,32,34). The lowest BCUT2D eigenvalue weighted by Crippen LogP contribution is -2.36. The Hall–Kier alpha value is -5.06. The maximum atomic E-state index is 15.1. The minimum absolute atomic E-state index is 0.0182. The van der Waals surface area contributed by atoms with Gasteiger partial charge < -0.3 is 26.6 Å². The van der Waals surface area contributed by atoms with Crippen LogP contribution in [0.2, 0.25) is 0 Å². The first-order chi connectivity index (χ1) is 18.2. The molecule has 1 heterocycles. The van der Waals surface area contributed by atoms with Crippen molar-refractivity contribution in [1.82, 2.24) is 9.97 Å². The lowest BCUT2D eigenvalue weighted by Gasteiger charge is -2.16. The number of nitrogens with zero attached hydrogens (tertiary/aromatic N) is 2. The maximum absolute atomic E-state index is 15.1. The zero-order chi connectivity index (χ0) is 27.0. The zero-order valence-corrected chi connectivity index (χ0v) is 19.7. The van der Waals surface area contributed by atoms with Crippen molar-refractivity contribution in [2.45, 2.75) is 12.8 Å². The summed E-state index contributed by atoms with van der Waals surface area (Å²) in [4.78, 5) is 32.3. The monoisotopic (exact) mass is 517 g/mol. The number of rotatable bonds is 7. The van der Waals surface area contributed by atoms with Crippen molar-refractivity contribution in [3.63, 3.8) is 0 Å². The number of primary amides is 1. The highest BCUT2D eigenvalue weighted by Crippen LogP contribution is 2.47. The van der Waals surface area contributed by atoms with Gasteiger partial charge >= 0.3 is 0 Å². The molecule has 38 heavy (non-hydrogen) atoms. The molecule has 6 N–H and O–H groups in total. The topological polar surface area (TPSA) is 153 Å². The van der Waals surface area contributed by atoms with Crippen LogP contribution in [0.4, 0.5) is 20.4 Å². The van der Waals surface area contributed by atoms with Crippen LogP contribution >= 0.6 is 0 Å². The van der Waals surface area contributed by atoms with E-state index in [-0.39, 0.29) is 40.0 Å². The predicted octanol–water partition coefficient (Wildman–Crippen LogP) is 4.37. The number of nitrogen functional groups attached to an aromatic ring is 1. The lowest BCUT2D eigenvalue weighted by molar-refractivity contribution is -0.132. The Labute approximate surface area is 215 Å². The number of nitrogens with two attached hydrogens (primary N) is 2. The molecule has 1 aliphatic rings. The first-order valence-electron chi connectivity index (χ1n) is 11.5. The molecule has 0 saturated heterocycles. The van der Waals surface area contributed by atoms with Crippen LogP contribution < -0.4 is 21.5 Å². The molecule has 1 saturated carbocycles. The highest BCUT2D eigenvalue weighted by Gasteiger charge is 2.55. The number of aromatic hydroxyl groups is 1. The molecule has 0 spiro atoms. The number of ether oxygens (including phenoxy) is 1. The van der Waals surface area contributed by atoms with Crippen LogP contribution in [0, 0.1) is 17.0 Å². The number of amides is 2. The van der Waals surface area contributed by atoms with Crippen molar-refractivity contribution in [2.24, 2.45) is 11.1 Å². The van der Waals surface area contributed by atoms with Crippen LogP contribution in [0.1, 0.15) is 12.8 Å².